The number of aliphatic imine (C=N–C) groups is 1. The van der Waals surface area contributed by atoms with Crippen molar-refractivity contribution in [3.05, 3.63) is 151 Å². The minimum Gasteiger partial charge on any atom is -0.313 e. The highest BCUT2D eigenvalue weighted by atomic mass is 15.0. The molecular weight excluding hydrogens is 522 g/mol. The van der Waals surface area contributed by atoms with Crippen molar-refractivity contribution in [1.82, 2.24) is 9.13 Å². The van der Waals surface area contributed by atoms with Gasteiger partial charge in [0, 0.05) is 50.6 Å². The largest absolute Gasteiger partial charge is 0.313 e. The maximum atomic E-state index is 4.02. The van der Waals surface area contributed by atoms with Crippen LogP contribution in [-0.4, -0.2) is 15.9 Å². The Labute approximate surface area is 250 Å². The zero-order valence-corrected chi connectivity index (χ0v) is 23.9. The highest BCUT2D eigenvalue weighted by Crippen LogP contribution is 2.43. The molecule has 0 saturated heterocycles. The van der Waals surface area contributed by atoms with Crippen LogP contribution in [0.3, 0.4) is 0 Å². The number of rotatable bonds is 5. The molecule has 0 aliphatic heterocycles. The maximum Gasteiger partial charge on any atom is 0.0616 e. The van der Waals surface area contributed by atoms with Gasteiger partial charge in [0.25, 0.3) is 0 Å². The molecule has 0 atom stereocenters. The van der Waals surface area contributed by atoms with E-state index in [9.17, 15) is 0 Å². The first-order chi connectivity index (χ1) is 21.2. The smallest absolute Gasteiger partial charge is 0.0616 e. The van der Waals surface area contributed by atoms with E-state index < -0.39 is 0 Å². The standard InChI is InChI=1S/C40H29N3/c1-27-32(24-25-41-2)34-18-10-19-35(40(34)42(27)30-14-4-3-5-15-30)33-17-11-21-38-39(33)36-16-8-9-20-37(36)43(38)31-23-22-28-12-6-7-13-29(28)26-31/h3-26H,2H2,1H3/b25-24-. The molecule has 0 unspecified atom stereocenters. The van der Waals surface area contributed by atoms with E-state index in [1.54, 1.807) is 6.20 Å². The van der Waals surface area contributed by atoms with Crippen molar-refractivity contribution in [2.45, 2.75) is 6.92 Å². The zero-order chi connectivity index (χ0) is 28.9. The predicted molar refractivity (Wildman–Crippen MR) is 184 cm³/mol. The van der Waals surface area contributed by atoms with Gasteiger partial charge in [0.05, 0.1) is 16.6 Å². The van der Waals surface area contributed by atoms with E-state index >= 15 is 0 Å². The van der Waals surface area contributed by atoms with E-state index in [0.717, 1.165) is 16.9 Å². The SMILES string of the molecule is C=N/C=C\c1c(C)n(-c2ccccc2)c2c(-c3cccc4c3c3ccccc3n4-c3ccc4ccccc4c3)cccc12. The lowest BCUT2D eigenvalue weighted by molar-refractivity contribution is 1.05. The van der Waals surface area contributed by atoms with E-state index in [4.69, 9.17) is 0 Å². The van der Waals surface area contributed by atoms with Gasteiger partial charge in [0.15, 0.2) is 0 Å². The maximum absolute atomic E-state index is 4.02. The summed E-state index contributed by atoms with van der Waals surface area (Å²) in [4.78, 5) is 4.02. The summed E-state index contributed by atoms with van der Waals surface area (Å²) >= 11 is 0. The highest BCUT2D eigenvalue weighted by Gasteiger charge is 2.21. The number of hydrogen-bond donors (Lipinski definition) is 0. The van der Waals surface area contributed by atoms with E-state index in [1.165, 1.54) is 60.3 Å². The van der Waals surface area contributed by atoms with Crippen LogP contribution in [0.15, 0.2) is 145 Å². The molecule has 0 radical (unpaired) electrons. The van der Waals surface area contributed by atoms with Gasteiger partial charge in [-0.25, -0.2) is 0 Å². The van der Waals surface area contributed by atoms with E-state index in [1.807, 2.05) is 0 Å². The molecule has 6 aromatic carbocycles. The summed E-state index contributed by atoms with van der Waals surface area (Å²) in [7, 11) is 0. The second kappa shape index (κ2) is 10.0. The molecule has 0 N–H and O–H groups in total. The van der Waals surface area contributed by atoms with Gasteiger partial charge in [-0.2, -0.15) is 0 Å². The molecule has 3 nitrogen and oxygen atoms in total. The first-order valence-electron chi connectivity index (χ1n) is 14.6. The third kappa shape index (κ3) is 3.86. The molecule has 0 bridgehead atoms. The average Bonchev–Trinajstić information content (AvgIpc) is 3.55. The van der Waals surface area contributed by atoms with E-state index in [0.29, 0.717) is 0 Å². The van der Waals surface area contributed by atoms with Gasteiger partial charge in [0.1, 0.15) is 0 Å². The fraction of sp³-hybridized carbons (Fsp3) is 0.0250. The quantitative estimate of drug-likeness (QED) is 0.190. The van der Waals surface area contributed by atoms with Crippen LogP contribution in [0.4, 0.5) is 0 Å². The van der Waals surface area contributed by atoms with Gasteiger partial charge >= 0.3 is 0 Å². The molecule has 0 aliphatic carbocycles. The van der Waals surface area contributed by atoms with E-state index in [2.05, 4.69) is 167 Å². The number of nitrogens with zero attached hydrogens (tertiary/aromatic N) is 3. The molecule has 0 aliphatic rings. The summed E-state index contributed by atoms with van der Waals surface area (Å²) in [5, 5.41) is 6.16. The molecule has 0 saturated carbocycles. The number of para-hydroxylation sites is 3. The van der Waals surface area contributed by atoms with Crippen LogP contribution in [0.2, 0.25) is 0 Å². The molecule has 8 aromatic rings. The van der Waals surface area contributed by atoms with E-state index in [-0.39, 0.29) is 0 Å². The van der Waals surface area contributed by atoms with Crippen molar-refractivity contribution in [3.8, 4) is 22.5 Å². The Morgan fingerprint density at radius 2 is 1.28 bits per heavy atom. The third-order valence-electron chi connectivity index (χ3n) is 8.62. The Morgan fingerprint density at radius 3 is 2.14 bits per heavy atom. The second-order valence-corrected chi connectivity index (χ2v) is 11.0. The fourth-order valence-corrected chi connectivity index (χ4v) is 6.78. The first-order valence-corrected chi connectivity index (χ1v) is 14.6. The molecule has 204 valence electrons. The molecule has 0 fully saturated rings. The molecular formula is C40H29N3. The molecule has 0 spiro atoms. The average molecular weight is 552 g/mol. The minimum absolute atomic E-state index is 1.13. The molecule has 0 amide bonds. The lowest BCUT2D eigenvalue weighted by Crippen LogP contribution is -1.98. The van der Waals surface area contributed by atoms with Crippen LogP contribution in [0.5, 0.6) is 0 Å². The Balaban J connectivity index is 1.48. The Morgan fingerprint density at radius 1 is 0.581 bits per heavy atom. The summed E-state index contributed by atoms with van der Waals surface area (Å²) in [6.07, 6.45) is 3.85. The van der Waals surface area contributed by atoms with Crippen molar-refractivity contribution >= 4 is 56.3 Å². The second-order valence-electron chi connectivity index (χ2n) is 11.0. The monoisotopic (exact) mass is 551 g/mol. The van der Waals surface area contributed by atoms with Crippen molar-refractivity contribution in [2.75, 3.05) is 0 Å². The molecule has 3 heteroatoms. The number of aromatic nitrogens is 2. The van der Waals surface area contributed by atoms with Gasteiger partial charge in [-0.3, -0.25) is 4.99 Å². The lowest BCUT2D eigenvalue weighted by Gasteiger charge is -2.14. The highest BCUT2D eigenvalue weighted by molar-refractivity contribution is 6.18. The van der Waals surface area contributed by atoms with Crippen molar-refractivity contribution < 1.29 is 0 Å². The predicted octanol–water partition coefficient (Wildman–Crippen LogP) is 10.5. The van der Waals surface area contributed by atoms with Crippen LogP contribution in [0.25, 0.3) is 72.1 Å². The third-order valence-corrected chi connectivity index (χ3v) is 8.62. The van der Waals surface area contributed by atoms with Crippen molar-refractivity contribution in [3.63, 3.8) is 0 Å². The Hall–Kier alpha value is -5.67. The number of hydrogen-bond acceptors (Lipinski definition) is 1. The van der Waals surface area contributed by atoms with Crippen molar-refractivity contribution in [2.24, 2.45) is 4.99 Å². The van der Waals surface area contributed by atoms with Crippen molar-refractivity contribution in [1.29, 1.82) is 0 Å². The summed E-state index contributed by atoms with van der Waals surface area (Å²) in [5.74, 6) is 0. The number of fused-ring (bicyclic) bond motifs is 5. The minimum atomic E-state index is 1.13. The first kappa shape index (κ1) is 25.1. The normalized spacial score (nSPS) is 11.8. The van der Waals surface area contributed by atoms with Crippen LogP contribution in [0, 0.1) is 6.92 Å². The number of benzene rings is 6. The Bertz CT molecular complexity index is 2370. The summed E-state index contributed by atoms with van der Waals surface area (Å²) in [5.41, 5.74) is 10.6. The summed E-state index contributed by atoms with van der Waals surface area (Å²) in [6.45, 7) is 5.86. The lowest BCUT2D eigenvalue weighted by atomic mass is 9.97. The fourth-order valence-electron chi connectivity index (χ4n) is 6.78. The van der Waals surface area contributed by atoms with Gasteiger partial charge in [0.2, 0.25) is 0 Å². The van der Waals surface area contributed by atoms with Crippen LogP contribution >= 0.6 is 0 Å². The molecule has 43 heavy (non-hydrogen) atoms. The summed E-state index contributed by atoms with van der Waals surface area (Å²) < 4.78 is 4.79. The molecule has 2 aromatic heterocycles. The van der Waals surface area contributed by atoms with Gasteiger partial charge in [-0.1, -0.05) is 97.1 Å². The van der Waals surface area contributed by atoms with Gasteiger partial charge in [-0.05, 0) is 72.5 Å². The molecule has 8 rings (SSSR count). The zero-order valence-electron chi connectivity index (χ0n) is 23.9. The summed E-state index contributed by atoms with van der Waals surface area (Å²) in [6, 6.07) is 48.1. The molecule has 2 heterocycles. The van der Waals surface area contributed by atoms with Crippen LogP contribution in [0.1, 0.15) is 11.3 Å². The Kier molecular flexibility index (Phi) is 5.83. The van der Waals surface area contributed by atoms with Crippen LogP contribution < -0.4 is 0 Å². The van der Waals surface area contributed by atoms with Gasteiger partial charge in [-0.15, -0.1) is 0 Å². The van der Waals surface area contributed by atoms with Gasteiger partial charge < -0.3 is 9.13 Å². The topological polar surface area (TPSA) is 22.2 Å². The van der Waals surface area contributed by atoms with Crippen LogP contribution in [-0.2, 0) is 0 Å².